The number of amides is 2. The monoisotopic (exact) mass is 272 g/mol. The molecule has 0 aliphatic carbocycles. The van der Waals surface area contributed by atoms with Crippen LogP contribution in [0.1, 0.15) is 33.6 Å². The number of alkyl halides is 1. The molecule has 1 unspecified atom stereocenters. The number of nitrogens with zero attached hydrogens (tertiary/aromatic N) is 2. The second-order valence-corrected chi connectivity index (χ2v) is 6.45. The lowest BCUT2D eigenvalue weighted by molar-refractivity contribution is -0.152. The summed E-state index contributed by atoms with van der Waals surface area (Å²) in [6.45, 7) is 6.48. The third-order valence-electron chi connectivity index (χ3n) is 4.33. The molecule has 5 nitrogen and oxygen atoms in total. The first kappa shape index (κ1) is 14.1. The first-order valence-corrected chi connectivity index (χ1v) is 6.64. The number of likely N-dealkylation sites (tertiary alicyclic amines) is 2. The molecule has 6 heteroatoms. The molecule has 0 spiro atoms. The summed E-state index contributed by atoms with van der Waals surface area (Å²) in [6.07, 6.45) is -1.61. The van der Waals surface area contributed by atoms with Crippen LogP contribution in [0.15, 0.2) is 0 Å². The maximum Gasteiger partial charge on any atom is 0.408 e. The summed E-state index contributed by atoms with van der Waals surface area (Å²) in [5.74, 6) is -0.242. The van der Waals surface area contributed by atoms with Crippen molar-refractivity contribution in [3.8, 4) is 0 Å². The Bertz CT molecular complexity index is 403. The number of carbonyl (C=O) groups excluding carboxylic acids is 1. The molecule has 19 heavy (non-hydrogen) atoms. The van der Waals surface area contributed by atoms with Crippen LogP contribution in [0, 0.1) is 5.41 Å². The Morgan fingerprint density at radius 1 is 1.32 bits per heavy atom. The first-order valence-electron chi connectivity index (χ1n) is 6.64. The minimum Gasteiger partial charge on any atom is -0.465 e. The molecule has 2 aliphatic rings. The average Bonchev–Trinajstić information content (AvgIpc) is 2.53. The van der Waals surface area contributed by atoms with E-state index in [4.69, 9.17) is 0 Å². The van der Waals surface area contributed by atoms with Gasteiger partial charge in [-0.3, -0.25) is 9.69 Å². The summed E-state index contributed by atoms with van der Waals surface area (Å²) in [5, 5.41) is 9.34. The van der Waals surface area contributed by atoms with Crippen molar-refractivity contribution in [2.75, 3.05) is 19.6 Å². The van der Waals surface area contributed by atoms with Crippen molar-refractivity contribution in [3.63, 3.8) is 0 Å². The van der Waals surface area contributed by atoms with Crippen LogP contribution in [-0.2, 0) is 4.79 Å². The molecule has 2 rings (SSSR count). The Balaban J connectivity index is 2.44. The van der Waals surface area contributed by atoms with Crippen LogP contribution in [0.3, 0.4) is 0 Å². The van der Waals surface area contributed by atoms with Gasteiger partial charge < -0.3 is 10.0 Å². The van der Waals surface area contributed by atoms with Crippen LogP contribution >= 0.6 is 0 Å². The maximum absolute atomic E-state index is 13.8. The van der Waals surface area contributed by atoms with E-state index in [9.17, 15) is 19.1 Å². The van der Waals surface area contributed by atoms with E-state index in [1.165, 1.54) is 0 Å². The molecule has 0 bridgehead atoms. The van der Waals surface area contributed by atoms with Crippen LogP contribution in [0.4, 0.5) is 9.18 Å². The summed E-state index contributed by atoms with van der Waals surface area (Å²) in [7, 11) is 0. The van der Waals surface area contributed by atoms with Gasteiger partial charge in [0.05, 0.1) is 6.54 Å². The lowest BCUT2D eigenvalue weighted by Gasteiger charge is -2.49. The molecular formula is C13H21FN2O3. The number of rotatable bonds is 1. The van der Waals surface area contributed by atoms with E-state index in [1.54, 1.807) is 25.7 Å². The zero-order valence-corrected chi connectivity index (χ0v) is 11.6. The van der Waals surface area contributed by atoms with Crippen molar-refractivity contribution in [2.24, 2.45) is 5.41 Å². The van der Waals surface area contributed by atoms with E-state index < -0.39 is 23.2 Å². The van der Waals surface area contributed by atoms with E-state index in [1.807, 2.05) is 0 Å². The second-order valence-electron chi connectivity index (χ2n) is 6.45. The average molecular weight is 272 g/mol. The molecule has 0 saturated carbocycles. The van der Waals surface area contributed by atoms with E-state index in [2.05, 4.69) is 0 Å². The molecule has 2 amide bonds. The molecule has 2 fully saturated rings. The smallest absolute Gasteiger partial charge is 0.408 e. The Hall–Kier alpha value is -1.33. The zero-order chi connectivity index (χ0) is 14.4. The molecule has 2 aliphatic heterocycles. The molecule has 2 saturated heterocycles. The van der Waals surface area contributed by atoms with Crippen molar-refractivity contribution in [3.05, 3.63) is 0 Å². The van der Waals surface area contributed by atoms with Crippen molar-refractivity contribution >= 4 is 12.0 Å². The van der Waals surface area contributed by atoms with E-state index >= 15 is 0 Å². The van der Waals surface area contributed by atoms with Gasteiger partial charge in [-0.25, -0.2) is 9.18 Å². The SMILES string of the molecule is CC(C)(C)[C@]1(C(=O)N2CCC2)CC(F)CN1C(=O)O. The van der Waals surface area contributed by atoms with Gasteiger partial charge in [-0.2, -0.15) is 0 Å². The predicted octanol–water partition coefficient (Wildman–Crippen LogP) is 1.73. The highest BCUT2D eigenvalue weighted by molar-refractivity contribution is 5.92. The minimum atomic E-state index is -1.28. The highest BCUT2D eigenvalue weighted by Crippen LogP contribution is 2.46. The molecule has 0 aromatic rings. The van der Waals surface area contributed by atoms with E-state index in [-0.39, 0.29) is 18.9 Å². The van der Waals surface area contributed by atoms with Crippen molar-refractivity contribution < 1.29 is 19.1 Å². The van der Waals surface area contributed by atoms with E-state index in [0.717, 1.165) is 11.3 Å². The van der Waals surface area contributed by atoms with Crippen LogP contribution in [-0.4, -0.2) is 58.3 Å². The fourth-order valence-corrected chi connectivity index (χ4v) is 3.11. The van der Waals surface area contributed by atoms with Gasteiger partial charge in [0.25, 0.3) is 0 Å². The normalized spacial score (nSPS) is 31.3. The number of carboxylic acid groups (broad SMARTS) is 1. The van der Waals surface area contributed by atoms with Crippen molar-refractivity contribution in [1.82, 2.24) is 9.80 Å². The second kappa shape index (κ2) is 4.35. The van der Waals surface area contributed by atoms with Crippen LogP contribution < -0.4 is 0 Å². The number of hydrogen-bond acceptors (Lipinski definition) is 2. The molecule has 1 N–H and O–H groups in total. The quantitative estimate of drug-likeness (QED) is 0.790. The Kier molecular flexibility index (Phi) is 3.23. The highest BCUT2D eigenvalue weighted by Gasteiger charge is 2.61. The van der Waals surface area contributed by atoms with Gasteiger partial charge in [0.1, 0.15) is 11.7 Å². The first-order chi connectivity index (χ1) is 8.70. The summed E-state index contributed by atoms with van der Waals surface area (Å²) >= 11 is 0. The molecule has 0 radical (unpaired) electrons. The van der Waals surface area contributed by atoms with Gasteiger partial charge in [-0.1, -0.05) is 20.8 Å². The molecular weight excluding hydrogens is 251 g/mol. The number of halogens is 1. The largest absolute Gasteiger partial charge is 0.465 e. The molecule has 0 aromatic heterocycles. The Labute approximate surface area is 112 Å². The number of carbonyl (C=O) groups is 2. The molecule has 108 valence electrons. The lowest BCUT2D eigenvalue weighted by Crippen LogP contribution is -2.66. The Morgan fingerprint density at radius 2 is 1.89 bits per heavy atom. The molecule has 2 heterocycles. The summed E-state index contributed by atoms with van der Waals surface area (Å²) in [6, 6.07) is 0. The third-order valence-corrected chi connectivity index (χ3v) is 4.33. The van der Waals surface area contributed by atoms with Crippen molar-refractivity contribution in [1.29, 1.82) is 0 Å². The summed E-state index contributed by atoms with van der Waals surface area (Å²) < 4.78 is 13.8. The lowest BCUT2D eigenvalue weighted by atomic mass is 9.70. The van der Waals surface area contributed by atoms with Crippen LogP contribution in [0.25, 0.3) is 0 Å². The fraction of sp³-hybridized carbons (Fsp3) is 0.846. The zero-order valence-electron chi connectivity index (χ0n) is 11.6. The van der Waals surface area contributed by atoms with Gasteiger partial charge in [-0.15, -0.1) is 0 Å². The summed E-state index contributed by atoms with van der Waals surface area (Å²) in [5.41, 5.74) is -1.92. The Morgan fingerprint density at radius 3 is 2.26 bits per heavy atom. The fourth-order valence-electron chi connectivity index (χ4n) is 3.11. The molecule has 2 atom stereocenters. The minimum absolute atomic E-state index is 0.0435. The summed E-state index contributed by atoms with van der Waals surface area (Å²) in [4.78, 5) is 26.8. The van der Waals surface area contributed by atoms with Gasteiger partial charge in [-0.05, 0) is 11.8 Å². The van der Waals surface area contributed by atoms with Gasteiger partial charge >= 0.3 is 6.09 Å². The third kappa shape index (κ3) is 1.97. The number of hydrogen-bond donors (Lipinski definition) is 1. The predicted molar refractivity (Wildman–Crippen MR) is 67.6 cm³/mol. The standard InChI is InChI=1S/C13H21FN2O3/c1-12(2,3)13(10(17)15-5-4-6-15)7-9(14)8-16(13)11(18)19/h9H,4-8H2,1-3H3,(H,18,19)/t9?,13-/m1/s1. The van der Waals surface area contributed by atoms with Gasteiger partial charge in [0, 0.05) is 19.5 Å². The maximum atomic E-state index is 13.8. The van der Waals surface area contributed by atoms with Crippen molar-refractivity contribution in [2.45, 2.75) is 45.3 Å². The van der Waals surface area contributed by atoms with Gasteiger partial charge in [0.2, 0.25) is 5.91 Å². The van der Waals surface area contributed by atoms with Gasteiger partial charge in [0.15, 0.2) is 0 Å². The van der Waals surface area contributed by atoms with Crippen LogP contribution in [0.5, 0.6) is 0 Å². The topological polar surface area (TPSA) is 60.9 Å². The van der Waals surface area contributed by atoms with E-state index in [0.29, 0.717) is 13.1 Å². The van der Waals surface area contributed by atoms with Crippen LogP contribution in [0.2, 0.25) is 0 Å². The molecule has 0 aromatic carbocycles. The highest BCUT2D eigenvalue weighted by atomic mass is 19.1.